The molecule has 0 aliphatic carbocycles. The second kappa shape index (κ2) is 7.92. The summed E-state index contributed by atoms with van der Waals surface area (Å²) >= 11 is 0. The van der Waals surface area contributed by atoms with Crippen molar-refractivity contribution in [2.75, 3.05) is 30.2 Å². The van der Waals surface area contributed by atoms with Crippen LogP contribution in [-0.2, 0) is 14.8 Å². The summed E-state index contributed by atoms with van der Waals surface area (Å²) in [6.45, 7) is 1.17. The third-order valence-corrected chi connectivity index (χ3v) is 5.25. The zero-order valence-electron chi connectivity index (χ0n) is 13.7. The molecule has 2 rings (SSSR count). The second-order valence-electron chi connectivity index (χ2n) is 5.98. The van der Waals surface area contributed by atoms with Crippen LogP contribution in [0.2, 0.25) is 0 Å². The molecule has 0 atom stereocenters. The third-order valence-electron chi connectivity index (χ3n) is 4.07. The Morgan fingerprint density at radius 3 is 2.33 bits per heavy atom. The van der Waals surface area contributed by atoms with E-state index in [0.717, 1.165) is 48.4 Å². The van der Waals surface area contributed by atoms with E-state index in [0.29, 0.717) is 19.2 Å². The van der Waals surface area contributed by atoms with Crippen molar-refractivity contribution in [2.24, 2.45) is 0 Å². The van der Waals surface area contributed by atoms with E-state index in [2.05, 4.69) is 0 Å². The molecule has 0 N–H and O–H groups in total. The van der Waals surface area contributed by atoms with Crippen molar-refractivity contribution < 1.29 is 22.0 Å². The Morgan fingerprint density at radius 2 is 1.79 bits per heavy atom. The molecule has 24 heavy (non-hydrogen) atoms. The summed E-state index contributed by atoms with van der Waals surface area (Å²) in [6.07, 6.45) is 4.94. The van der Waals surface area contributed by atoms with Crippen molar-refractivity contribution in [1.29, 1.82) is 0 Å². The number of rotatable bonds is 5. The predicted octanol–water partition coefficient (Wildman–Crippen LogP) is 2.52. The molecule has 1 amide bonds. The first-order valence-electron chi connectivity index (χ1n) is 7.99. The van der Waals surface area contributed by atoms with Gasteiger partial charge in [0.2, 0.25) is 15.9 Å². The number of benzene rings is 1. The summed E-state index contributed by atoms with van der Waals surface area (Å²) in [6, 6.07) is 2.69. The summed E-state index contributed by atoms with van der Waals surface area (Å²) in [4.78, 5) is 14.0. The maximum absolute atomic E-state index is 13.9. The van der Waals surface area contributed by atoms with E-state index in [1.54, 1.807) is 4.90 Å². The highest BCUT2D eigenvalue weighted by molar-refractivity contribution is 7.92. The fourth-order valence-electron chi connectivity index (χ4n) is 2.82. The molecule has 0 aromatic heterocycles. The summed E-state index contributed by atoms with van der Waals surface area (Å²) in [7, 11) is -3.79. The maximum Gasteiger partial charge on any atom is 0.232 e. The number of carbonyl (C=O) groups is 1. The zero-order valence-corrected chi connectivity index (χ0v) is 14.5. The van der Waals surface area contributed by atoms with Crippen molar-refractivity contribution in [3.8, 4) is 0 Å². The van der Waals surface area contributed by atoms with Crippen LogP contribution in [0.3, 0.4) is 0 Å². The highest BCUT2D eigenvalue weighted by Gasteiger charge is 2.23. The number of hydrogen-bond donors (Lipinski definition) is 0. The molecule has 134 valence electrons. The van der Waals surface area contributed by atoms with Crippen LogP contribution in [0.4, 0.5) is 14.5 Å². The van der Waals surface area contributed by atoms with Crippen molar-refractivity contribution in [3.63, 3.8) is 0 Å². The second-order valence-corrected chi connectivity index (χ2v) is 7.88. The van der Waals surface area contributed by atoms with Gasteiger partial charge in [0.05, 0.1) is 11.9 Å². The highest BCUT2D eigenvalue weighted by atomic mass is 32.2. The Labute approximate surface area is 141 Å². The number of amides is 1. The molecule has 0 unspecified atom stereocenters. The molecule has 1 heterocycles. The fraction of sp³-hybridized carbons (Fsp3) is 0.562. The minimum atomic E-state index is -3.79. The Balaban J connectivity index is 2.11. The van der Waals surface area contributed by atoms with Gasteiger partial charge in [-0.1, -0.05) is 12.8 Å². The van der Waals surface area contributed by atoms with Crippen molar-refractivity contribution in [1.82, 2.24) is 4.90 Å². The largest absolute Gasteiger partial charge is 0.343 e. The monoisotopic (exact) mass is 360 g/mol. The lowest BCUT2D eigenvalue weighted by Gasteiger charge is -2.25. The normalized spacial score (nSPS) is 15.9. The molecule has 1 aliphatic heterocycles. The van der Waals surface area contributed by atoms with E-state index in [9.17, 15) is 22.0 Å². The minimum Gasteiger partial charge on any atom is -0.343 e. The lowest BCUT2D eigenvalue weighted by Crippen LogP contribution is -2.37. The molecule has 8 heteroatoms. The van der Waals surface area contributed by atoms with Crippen LogP contribution in [0.5, 0.6) is 0 Å². The van der Waals surface area contributed by atoms with Crippen LogP contribution in [0.25, 0.3) is 0 Å². The number of nitrogens with zero attached hydrogens (tertiary/aromatic N) is 2. The molecule has 0 bridgehead atoms. The minimum absolute atomic E-state index is 0.0378. The lowest BCUT2D eigenvalue weighted by molar-refractivity contribution is -0.130. The molecule has 1 fully saturated rings. The standard InChI is InChI=1S/C16H22F2N2O3S/c1-24(22,23)20(15-7-6-13(17)12-14(15)18)11-8-16(21)19-9-4-2-3-5-10-19/h6-7,12H,2-5,8-11H2,1H3. The Hall–Kier alpha value is -1.70. The van der Waals surface area contributed by atoms with Gasteiger partial charge in [-0.25, -0.2) is 17.2 Å². The Bertz CT molecular complexity index is 687. The first-order valence-corrected chi connectivity index (χ1v) is 9.84. The zero-order chi connectivity index (χ0) is 17.7. The molecule has 0 spiro atoms. The van der Waals surface area contributed by atoms with Gasteiger partial charge in [-0.2, -0.15) is 0 Å². The molecular weight excluding hydrogens is 338 g/mol. The number of likely N-dealkylation sites (tertiary alicyclic amines) is 1. The smallest absolute Gasteiger partial charge is 0.232 e. The molecule has 1 saturated heterocycles. The summed E-state index contributed by atoms with van der Waals surface area (Å²) in [5, 5.41) is 0. The van der Waals surface area contributed by atoms with E-state index < -0.39 is 21.7 Å². The van der Waals surface area contributed by atoms with Gasteiger partial charge in [-0.3, -0.25) is 9.10 Å². The van der Waals surface area contributed by atoms with Crippen LogP contribution < -0.4 is 4.31 Å². The van der Waals surface area contributed by atoms with Crippen molar-refractivity contribution in [3.05, 3.63) is 29.8 Å². The first kappa shape index (κ1) is 18.6. The number of sulfonamides is 1. The quantitative estimate of drug-likeness (QED) is 0.811. The van der Waals surface area contributed by atoms with E-state index in [4.69, 9.17) is 0 Å². The summed E-state index contributed by atoms with van der Waals surface area (Å²) < 4.78 is 51.7. The molecular formula is C16H22F2N2O3S. The predicted molar refractivity (Wildman–Crippen MR) is 88.2 cm³/mol. The molecule has 0 radical (unpaired) electrons. The molecule has 5 nitrogen and oxygen atoms in total. The van der Waals surface area contributed by atoms with Gasteiger partial charge in [-0.05, 0) is 25.0 Å². The van der Waals surface area contributed by atoms with Gasteiger partial charge in [-0.15, -0.1) is 0 Å². The summed E-state index contributed by atoms with van der Waals surface area (Å²) in [5.41, 5.74) is -0.248. The average molecular weight is 360 g/mol. The highest BCUT2D eigenvalue weighted by Crippen LogP contribution is 2.23. The molecule has 1 aliphatic rings. The SMILES string of the molecule is CS(=O)(=O)N(CCC(=O)N1CCCCCC1)c1ccc(F)cc1F. The van der Waals surface area contributed by atoms with Gasteiger partial charge in [0.15, 0.2) is 0 Å². The number of carbonyl (C=O) groups excluding carboxylic acids is 1. The molecule has 1 aromatic rings. The first-order chi connectivity index (χ1) is 11.3. The van der Waals surface area contributed by atoms with Gasteiger partial charge in [0.1, 0.15) is 11.6 Å². The number of hydrogen-bond acceptors (Lipinski definition) is 3. The lowest BCUT2D eigenvalue weighted by atomic mass is 10.2. The van der Waals surface area contributed by atoms with Gasteiger partial charge >= 0.3 is 0 Å². The van der Waals surface area contributed by atoms with Gasteiger partial charge in [0, 0.05) is 32.1 Å². The van der Waals surface area contributed by atoms with Crippen LogP contribution >= 0.6 is 0 Å². The van der Waals surface area contributed by atoms with Crippen LogP contribution in [0, 0.1) is 11.6 Å². The maximum atomic E-state index is 13.9. The average Bonchev–Trinajstić information content (AvgIpc) is 2.77. The van der Waals surface area contributed by atoms with Gasteiger partial charge < -0.3 is 4.90 Å². The van der Waals surface area contributed by atoms with Crippen LogP contribution in [-0.4, -0.2) is 45.1 Å². The number of halogens is 2. The van der Waals surface area contributed by atoms with E-state index in [-0.39, 0.29) is 24.6 Å². The van der Waals surface area contributed by atoms with E-state index in [1.165, 1.54) is 0 Å². The Morgan fingerprint density at radius 1 is 1.17 bits per heavy atom. The molecule has 0 saturated carbocycles. The fourth-order valence-corrected chi connectivity index (χ4v) is 3.75. The number of anilines is 1. The topological polar surface area (TPSA) is 57.7 Å². The third kappa shape index (κ3) is 4.90. The van der Waals surface area contributed by atoms with Gasteiger partial charge in [0.25, 0.3) is 0 Å². The Kier molecular flexibility index (Phi) is 6.15. The van der Waals surface area contributed by atoms with Crippen molar-refractivity contribution >= 4 is 21.6 Å². The van der Waals surface area contributed by atoms with E-state index >= 15 is 0 Å². The van der Waals surface area contributed by atoms with E-state index in [1.807, 2.05) is 0 Å². The summed E-state index contributed by atoms with van der Waals surface area (Å²) in [5.74, 6) is -1.90. The van der Waals surface area contributed by atoms with Crippen LogP contribution in [0.15, 0.2) is 18.2 Å². The molecule has 1 aromatic carbocycles. The van der Waals surface area contributed by atoms with Crippen molar-refractivity contribution in [2.45, 2.75) is 32.1 Å². The van der Waals surface area contributed by atoms with Crippen LogP contribution in [0.1, 0.15) is 32.1 Å².